The minimum Gasteiger partial charge on any atom is -0.350 e. The van der Waals surface area contributed by atoms with Gasteiger partial charge in [-0.1, -0.05) is 19.4 Å². The highest BCUT2D eigenvalue weighted by Gasteiger charge is 2.16. The Bertz CT molecular complexity index is 874. The van der Waals surface area contributed by atoms with Gasteiger partial charge in [0.25, 0.3) is 15.9 Å². The van der Waals surface area contributed by atoms with E-state index >= 15 is 0 Å². The number of carbonyl (C=O) groups excluding carboxylic acids is 1. The van der Waals surface area contributed by atoms with Gasteiger partial charge in [-0.3, -0.25) is 9.52 Å². The largest absolute Gasteiger partial charge is 0.350 e. The SMILES string of the molecule is CCC[C@@H](C)NC(=O)c1ccc(S(=O)(=O)Nc2ccc(C)c(C)c2)cc1. The molecule has 2 N–H and O–H groups in total. The molecule has 1 atom stereocenters. The van der Waals surface area contributed by atoms with E-state index < -0.39 is 10.0 Å². The van der Waals surface area contributed by atoms with Gasteiger partial charge < -0.3 is 5.32 Å². The van der Waals surface area contributed by atoms with Gasteiger partial charge in [-0.15, -0.1) is 0 Å². The number of sulfonamides is 1. The van der Waals surface area contributed by atoms with Crippen molar-refractivity contribution in [2.24, 2.45) is 0 Å². The Hall–Kier alpha value is -2.34. The van der Waals surface area contributed by atoms with Crippen molar-refractivity contribution in [3.05, 3.63) is 59.2 Å². The summed E-state index contributed by atoms with van der Waals surface area (Å²) in [6, 6.07) is 11.4. The van der Waals surface area contributed by atoms with E-state index in [0.29, 0.717) is 11.3 Å². The zero-order chi connectivity index (χ0) is 19.3. The highest BCUT2D eigenvalue weighted by Crippen LogP contribution is 2.19. The van der Waals surface area contributed by atoms with Crippen molar-refractivity contribution in [1.82, 2.24) is 5.32 Å². The lowest BCUT2D eigenvalue weighted by Gasteiger charge is -2.13. The molecule has 6 heteroatoms. The fourth-order valence-electron chi connectivity index (χ4n) is 2.62. The average Bonchev–Trinajstić information content (AvgIpc) is 2.58. The van der Waals surface area contributed by atoms with Gasteiger partial charge in [0, 0.05) is 17.3 Å². The molecular formula is C20H26N2O3S. The summed E-state index contributed by atoms with van der Waals surface area (Å²) in [4.78, 5) is 12.3. The van der Waals surface area contributed by atoms with E-state index in [1.807, 2.05) is 26.8 Å². The Labute approximate surface area is 155 Å². The van der Waals surface area contributed by atoms with Crippen LogP contribution in [0.5, 0.6) is 0 Å². The second-order valence-electron chi connectivity index (χ2n) is 6.59. The molecule has 140 valence electrons. The van der Waals surface area contributed by atoms with Crippen molar-refractivity contribution >= 4 is 21.6 Å². The number of benzene rings is 2. The summed E-state index contributed by atoms with van der Waals surface area (Å²) in [6.45, 7) is 7.91. The second-order valence-corrected chi connectivity index (χ2v) is 8.27. The van der Waals surface area contributed by atoms with Crippen LogP contribution in [0, 0.1) is 13.8 Å². The van der Waals surface area contributed by atoms with E-state index in [9.17, 15) is 13.2 Å². The number of nitrogens with one attached hydrogen (secondary N) is 2. The third kappa shape index (κ3) is 5.08. The zero-order valence-electron chi connectivity index (χ0n) is 15.7. The Kier molecular flexibility index (Phi) is 6.42. The van der Waals surface area contributed by atoms with E-state index in [2.05, 4.69) is 17.0 Å². The summed E-state index contributed by atoms with van der Waals surface area (Å²) in [6.07, 6.45) is 1.89. The van der Waals surface area contributed by atoms with Gasteiger partial charge in [0.15, 0.2) is 0 Å². The van der Waals surface area contributed by atoms with Gasteiger partial charge in [0.05, 0.1) is 4.90 Å². The Morgan fingerprint density at radius 3 is 2.27 bits per heavy atom. The number of aryl methyl sites for hydroxylation is 2. The molecule has 0 aliphatic heterocycles. The van der Waals surface area contributed by atoms with Crippen LogP contribution in [0.1, 0.15) is 48.2 Å². The first-order chi connectivity index (χ1) is 12.2. The van der Waals surface area contributed by atoms with Gasteiger partial charge in [0.1, 0.15) is 0 Å². The summed E-state index contributed by atoms with van der Waals surface area (Å²) < 4.78 is 27.6. The maximum absolute atomic E-state index is 12.5. The zero-order valence-corrected chi connectivity index (χ0v) is 16.5. The summed E-state index contributed by atoms with van der Waals surface area (Å²) in [5.74, 6) is -0.197. The average molecular weight is 375 g/mol. The maximum atomic E-state index is 12.5. The van der Waals surface area contributed by atoms with Crippen LogP contribution < -0.4 is 10.0 Å². The Morgan fingerprint density at radius 2 is 1.69 bits per heavy atom. The summed E-state index contributed by atoms with van der Waals surface area (Å²) in [5.41, 5.74) is 3.07. The molecule has 0 aromatic heterocycles. The van der Waals surface area contributed by atoms with Crippen molar-refractivity contribution in [1.29, 1.82) is 0 Å². The van der Waals surface area contributed by atoms with Crippen LogP contribution in [-0.4, -0.2) is 20.4 Å². The summed E-state index contributed by atoms with van der Waals surface area (Å²) >= 11 is 0. The van der Waals surface area contributed by atoms with Gasteiger partial charge in [-0.05, 0) is 74.7 Å². The summed E-state index contributed by atoms with van der Waals surface area (Å²) in [7, 11) is -3.70. The third-order valence-corrected chi connectivity index (χ3v) is 5.68. The molecule has 0 saturated heterocycles. The number of hydrogen-bond donors (Lipinski definition) is 2. The molecule has 0 bridgehead atoms. The van der Waals surface area contributed by atoms with Crippen LogP contribution in [0.25, 0.3) is 0 Å². The minimum absolute atomic E-state index is 0.0855. The molecule has 0 saturated carbocycles. The first-order valence-corrected chi connectivity index (χ1v) is 10.2. The highest BCUT2D eigenvalue weighted by atomic mass is 32.2. The van der Waals surface area contributed by atoms with Crippen molar-refractivity contribution in [2.75, 3.05) is 4.72 Å². The molecule has 2 aromatic rings. The molecule has 0 aliphatic carbocycles. The first-order valence-electron chi connectivity index (χ1n) is 8.74. The van der Waals surface area contributed by atoms with E-state index in [1.54, 1.807) is 12.1 Å². The number of amides is 1. The molecule has 2 rings (SSSR count). The molecule has 0 heterocycles. The molecule has 1 amide bonds. The van der Waals surface area contributed by atoms with E-state index in [0.717, 1.165) is 24.0 Å². The van der Waals surface area contributed by atoms with Crippen molar-refractivity contribution in [3.63, 3.8) is 0 Å². The standard InChI is InChI=1S/C20H26N2O3S/c1-5-6-16(4)21-20(23)17-8-11-19(12-9-17)26(24,25)22-18-10-7-14(2)15(3)13-18/h7-13,16,22H,5-6H2,1-4H3,(H,21,23)/t16-/m1/s1. The smallest absolute Gasteiger partial charge is 0.261 e. The lowest BCUT2D eigenvalue weighted by molar-refractivity contribution is 0.0938. The van der Waals surface area contributed by atoms with Crippen molar-refractivity contribution in [3.8, 4) is 0 Å². The molecule has 26 heavy (non-hydrogen) atoms. The monoisotopic (exact) mass is 374 g/mol. The summed E-state index contributed by atoms with van der Waals surface area (Å²) in [5, 5.41) is 2.90. The number of rotatable bonds is 7. The van der Waals surface area contributed by atoms with Gasteiger partial charge in [0.2, 0.25) is 0 Å². The number of anilines is 1. The molecule has 0 aliphatic rings. The van der Waals surface area contributed by atoms with Gasteiger partial charge in [-0.25, -0.2) is 8.42 Å². The Morgan fingerprint density at radius 1 is 1.04 bits per heavy atom. The highest BCUT2D eigenvalue weighted by molar-refractivity contribution is 7.92. The van der Waals surface area contributed by atoms with E-state index in [1.165, 1.54) is 24.3 Å². The maximum Gasteiger partial charge on any atom is 0.261 e. The lowest BCUT2D eigenvalue weighted by Crippen LogP contribution is -2.32. The van der Waals surface area contributed by atoms with Crippen LogP contribution in [0.3, 0.4) is 0 Å². The molecule has 5 nitrogen and oxygen atoms in total. The van der Waals surface area contributed by atoms with Crippen LogP contribution in [0.2, 0.25) is 0 Å². The first kappa shape index (κ1) is 20.0. The molecule has 2 aromatic carbocycles. The van der Waals surface area contributed by atoms with E-state index in [4.69, 9.17) is 0 Å². The fraction of sp³-hybridized carbons (Fsp3) is 0.350. The molecule has 0 spiro atoms. The topological polar surface area (TPSA) is 75.3 Å². The third-order valence-electron chi connectivity index (χ3n) is 4.29. The minimum atomic E-state index is -3.70. The van der Waals surface area contributed by atoms with Crippen molar-refractivity contribution in [2.45, 2.75) is 51.5 Å². The molecule has 0 unspecified atom stereocenters. The van der Waals surface area contributed by atoms with Gasteiger partial charge >= 0.3 is 0 Å². The molecule has 0 fully saturated rings. The Balaban J connectivity index is 2.13. The quantitative estimate of drug-likeness (QED) is 0.768. The van der Waals surface area contributed by atoms with Crippen LogP contribution in [0.4, 0.5) is 5.69 Å². The van der Waals surface area contributed by atoms with Crippen LogP contribution in [-0.2, 0) is 10.0 Å². The van der Waals surface area contributed by atoms with E-state index in [-0.39, 0.29) is 16.8 Å². The number of carbonyl (C=O) groups is 1. The second kappa shape index (κ2) is 8.36. The van der Waals surface area contributed by atoms with Crippen molar-refractivity contribution < 1.29 is 13.2 Å². The normalized spacial score (nSPS) is 12.5. The van der Waals surface area contributed by atoms with Gasteiger partial charge in [-0.2, -0.15) is 0 Å². The van der Waals surface area contributed by atoms with Crippen LogP contribution in [0.15, 0.2) is 47.4 Å². The molecule has 0 radical (unpaired) electrons. The predicted octanol–water partition coefficient (Wildman–Crippen LogP) is 4.02. The number of hydrogen-bond acceptors (Lipinski definition) is 3. The van der Waals surface area contributed by atoms with Crippen LogP contribution >= 0.6 is 0 Å². The predicted molar refractivity (Wildman–Crippen MR) is 105 cm³/mol. The molecular weight excluding hydrogens is 348 g/mol. The fourth-order valence-corrected chi connectivity index (χ4v) is 3.67. The lowest BCUT2D eigenvalue weighted by atomic mass is 10.1.